The van der Waals surface area contributed by atoms with Crippen molar-refractivity contribution in [1.82, 2.24) is 0 Å². The monoisotopic (exact) mass is 596 g/mol. The Morgan fingerprint density at radius 2 is 1.39 bits per heavy atom. The average Bonchev–Trinajstić information content (AvgIpc) is 2.82. The van der Waals surface area contributed by atoms with Crippen molar-refractivity contribution in [3.8, 4) is 0 Å². The molecule has 0 N–H and O–H groups in total. The highest BCUT2D eigenvalue weighted by molar-refractivity contribution is 6.70. The summed E-state index contributed by atoms with van der Waals surface area (Å²) in [6.07, 6.45) is -3.90. The normalized spacial score (nSPS) is 31.3. The lowest BCUT2D eigenvalue weighted by atomic mass is 9.72. The predicted molar refractivity (Wildman–Crippen MR) is 140 cm³/mol. The first kappa shape index (κ1) is 32.2. The van der Waals surface area contributed by atoms with Gasteiger partial charge in [0.25, 0.3) is 0 Å². The lowest BCUT2D eigenvalue weighted by Gasteiger charge is -2.46. The van der Waals surface area contributed by atoms with E-state index in [4.69, 9.17) is 32.8 Å². The molecule has 13 nitrogen and oxygen atoms in total. The van der Waals surface area contributed by atoms with Gasteiger partial charge in [-0.2, -0.15) is 0 Å². The number of hydrogen-bond acceptors (Lipinski definition) is 13. The number of esters is 4. The summed E-state index contributed by atoms with van der Waals surface area (Å²) in [6.45, 7) is 9.94. The Labute approximate surface area is 238 Å². The maximum Gasteiger partial charge on any atom is 0.303 e. The zero-order valence-electron chi connectivity index (χ0n) is 24.1. The van der Waals surface area contributed by atoms with E-state index in [0.717, 1.165) is 27.7 Å². The summed E-state index contributed by atoms with van der Waals surface area (Å²) in [7, 11) is -2.14. The smallest absolute Gasteiger partial charge is 0.303 e. The van der Waals surface area contributed by atoms with Crippen LogP contribution in [0.1, 0.15) is 34.1 Å². The molecule has 0 amide bonds. The summed E-state index contributed by atoms with van der Waals surface area (Å²) in [5.74, 6) is -4.88. The fourth-order valence-electron chi connectivity index (χ4n) is 5.01. The highest BCUT2D eigenvalue weighted by Crippen LogP contribution is 2.39. The van der Waals surface area contributed by atoms with Gasteiger partial charge in [0.1, 0.15) is 12.7 Å². The number of allylic oxidation sites excluding steroid dienone is 3. The van der Waals surface area contributed by atoms with Crippen LogP contribution in [0, 0.1) is 11.8 Å². The van der Waals surface area contributed by atoms with Gasteiger partial charge in [0.2, 0.25) is 8.32 Å². The van der Waals surface area contributed by atoms with Gasteiger partial charge >= 0.3 is 23.9 Å². The van der Waals surface area contributed by atoms with E-state index in [1.165, 1.54) is 12.2 Å². The fraction of sp³-hybridized carbons (Fsp3) is 0.630. The molecule has 0 aromatic carbocycles. The van der Waals surface area contributed by atoms with E-state index in [-0.39, 0.29) is 18.0 Å². The summed E-state index contributed by atoms with van der Waals surface area (Å²) in [4.78, 5) is 73.7. The van der Waals surface area contributed by atoms with E-state index in [1.54, 1.807) is 6.08 Å². The lowest BCUT2D eigenvalue weighted by molar-refractivity contribution is -0.316. The zero-order valence-corrected chi connectivity index (χ0v) is 25.1. The quantitative estimate of drug-likeness (QED) is 0.214. The molecule has 0 saturated carbocycles. The van der Waals surface area contributed by atoms with E-state index in [9.17, 15) is 28.8 Å². The van der Waals surface area contributed by atoms with Crippen LogP contribution < -0.4 is 0 Å². The van der Waals surface area contributed by atoms with Crippen molar-refractivity contribution in [3.63, 3.8) is 0 Å². The molecule has 1 fully saturated rings. The summed E-state index contributed by atoms with van der Waals surface area (Å²) >= 11 is 0. The number of carbonyl (C=O) groups excluding carboxylic acids is 6. The number of hydrogen-bond donors (Lipinski definition) is 0. The summed E-state index contributed by atoms with van der Waals surface area (Å²) < 4.78 is 39.8. The van der Waals surface area contributed by atoms with Crippen molar-refractivity contribution in [2.75, 3.05) is 6.61 Å². The minimum atomic E-state index is -2.14. The highest BCUT2D eigenvalue weighted by atomic mass is 28.4. The predicted octanol–water partition coefficient (Wildman–Crippen LogP) is 1.53. The number of fused-ring (bicyclic) bond motifs is 1. The van der Waals surface area contributed by atoms with E-state index in [2.05, 4.69) is 0 Å². The second-order valence-corrected chi connectivity index (χ2v) is 15.4. The van der Waals surface area contributed by atoms with Gasteiger partial charge in [0, 0.05) is 40.0 Å². The molecule has 0 spiro atoms. The van der Waals surface area contributed by atoms with Gasteiger partial charge in [-0.3, -0.25) is 28.8 Å². The standard InChI is InChI=1S/C27H36O13Si/c1-13(28)34-12-22-24(35-14(2)29)25(36-15(3)30)26(37-16(4)31)27(39-22)38-21-11-17(40-41(5,6)7)10-18-19(32)8-9-20(33)23(18)21/h8-9,11,18,21-27H,10,12H2,1-7H3/t18-,21+,22-,23+,24-,25+,26-,27-/m0/s1. The molecule has 1 heterocycles. The molecule has 0 unspecified atom stereocenters. The van der Waals surface area contributed by atoms with Crippen molar-refractivity contribution in [1.29, 1.82) is 0 Å². The Balaban J connectivity index is 2.07. The van der Waals surface area contributed by atoms with Gasteiger partial charge in [0.15, 0.2) is 36.2 Å². The lowest BCUT2D eigenvalue weighted by Crippen LogP contribution is -2.63. The molecular formula is C27H36O13Si. The van der Waals surface area contributed by atoms with Gasteiger partial charge in [-0.05, 0) is 37.9 Å². The first-order chi connectivity index (χ1) is 19.1. The van der Waals surface area contributed by atoms with Gasteiger partial charge in [-0.15, -0.1) is 0 Å². The van der Waals surface area contributed by atoms with Crippen LogP contribution in [0.25, 0.3) is 0 Å². The van der Waals surface area contributed by atoms with Crippen LogP contribution in [0.4, 0.5) is 0 Å². The van der Waals surface area contributed by atoms with E-state index in [1.807, 2.05) is 19.6 Å². The molecule has 0 aromatic heterocycles. The maximum atomic E-state index is 13.0. The molecule has 0 radical (unpaired) electrons. The molecule has 3 rings (SSSR count). The molecule has 0 bridgehead atoms. The van der Waals surface area contributed by atoms with Crippen LogP contribution in [0.2, 0.25) is 19.6 Å². The molecule has 2 aliphatic carbocycles. The van der Waals surface area contributed by atoms with Gasteiger partial charge in [0.05, 0.1) is 17.8 Å². The Hall–Kier alpha value is -3.36. The fourth-order valence-corrected chi connectivity index (χ4v) is 5.95. The SMILES string of the molecule is CC(=O)OC[C@@H]1O[C@H](O[C@@H]2C=C(O[Si](C)(C)C)C[C@H]3C(=O)C=CC(=O)[C@H]23)[C@@H](OC(C)=O)[C@H](OC(C)=O)[C@H]1OC(C)=O. The highest BCUT2D eigenvalue weighted by Gasteiger charge is 2.55. The third-order valence-electron chi connectivity index (χ3n) is 6.34. The largest absolute Gasteiger partial charge is 0.547 e. The third kappa shape index (κ3) is 8.56. The van der Waals surface area contributed by atoms with E-state index < -0.39 is 87.4 Å². The van der Waals surface area contributed by atoms with Crippen molar-refractivity contribution < 1.29 is 61.6 Å². The molecule has 8 atom stereocenters. The van der Waals surface area contributed by atoms with Gasteiger partial charge in [-0.25, -0.2) is 0 Å². The zero-order chi connectivity index (χ0) is 30.6. The van der Waals surface area contributed by atoms with Gasteiger partial charge < -0.3 is 32.8 Å². The van der Waals surface area contributed by atoms with Crippen LogP contribution in [0.3, 0.4) is 0 Å². The molecule has 41 heavy (non-hydrogen) atoms. The van der Waals surface area contributed by atoms with Crippen molar-refractivity contribution in [3.05, 3.63) is 24.0 Å². The molecule has 226 valence electrons. The summed E-state index contributed by atoms with van der Waals surface area (Å²) in [6, 6.07) is 0. The Morgan fingerprint density at radius 1 is 0.829 bits per heavy atom. The summed E-state index contributed by atoms with van der Waals surface area (Å²) in [5.41, 5.74) is 0. The molecule has 14 heteroatoms. The van der Waals surface area contributed by atoms with E-state index in [0.29, 0.717) is 5.76 Å². The second-order valence-electron chi connectivity index (χ2n) is 11.0. The summed E-state index contributed by atoms with van der Waals surface area (Å²) in [5, 5.41) is 0. The maximum absolute atomic E-state index is 13.0. The average molecular weight is 597 g/mol. The molecule has 3 aliphatic rings. The third-order valence-corrected chi connectivity index (χ3v) is 7.22. The molecule has 1 aliphatic heterocycles. The number of ether oxygens (including phenoxy) is 6. The van der Waals surface area contributed by atoms with Crippen LogP contribution in [-0.2, 0) is 61.6 Å². The van der Waals surface area contributed by atoms with Crippen LogP contribution in [0.15, 0.2) is 24.0 Å². The van der Waals surface area contributed by atoms with Gasteiger partial charge in [-0.1, -0.05) is 0 Å². The van der Waals surface area contributed by atoms with Crippen LogP contribution >= 0.6 is 0 Å². The Kier molecular flexibility index (Phi) is 10.3. The topological polar surface area (TPSA) is 167 Å². The van der Waals surface area contributed by atoms with Crippen molar-refractivity contribution in [2.45, 2.75) is 90.6 Å². The number of rotatable bonds is 9. The minimum absolute atomic E-state index is 0.197. The first-order valence-corrected chi connectivity index (χ1v) is 16.6. The van der Waals surface area contributed by atoms with E-state index >= 15 is 0 Å². The molecule has 0 aromatic rings. The Bertz CT molecular complexity index is 1140. The Morgan fingerprint density at radius 3 is 1.95 bits per heavy atom. The van der Waals surface area contributed by atoms with Crippen LogP contribution in [0.5, 0.6) is 0 Å². The molecular weight excluding hydrogens is 560 g/mol. The minimum Gasteiger partial charge on any atom is -0.547 e. The first-order valence-electron chi connectivity index (χ1n) is 13.2. The van der Waals surface area contributed by atoms with Crippen molar-refractivity contribution >= 4 is 43.8 Å². The van der Waals surface area contributed by atoms with Crippen LogP contribution in [-0.4, -0.2) is 87.2 Å². The number of carbonyl (C=O) groups is 6. The molecule has 1 saturated heterocycles. The van der Waals surface area contributed by atoms with Crippen molar-refractivity contribution in [2.24, 2.45) is 11.8 Å². The number of ketones is 2. The second kappa shape index (κ2) is 13.1.